The molecule has 1 aromatic carbocycles. The summed E-state index contributed by atoms with van der Waals surface area (Å²) in [6.07, 6.45) is 0. The highest BCUT2D eigenvalue weighted by atomic mass is 79.9. The van der Waals surface area contributed by atoms with Crippen molar-refractivity contribution >= 4 is 27.3 Å². The summed E-state index contributed by atoms with van der Waals surface area (Å²) in [4.78, 5) is 1.13. The lowest BCUT2D eigenvalue weighted by atomic mass is 10.2. The molecule has 0 saturated carbocycles. The highest BCUT2D eigenvalue weighted by Gasteiger charge is 2.03. The summed E-state index contributed by atoms with van der Waals surface area (Å²) in [5.74, 6) is 0.490. The van der Waals surface area contributed by atoms with Crippen LogP contribution in [0.25, 0.3) is 0 Å². The van der Waals surface area contributed by atoms with Gasteiger partial charge in [-0.2, -0.15) is 0 Å². The fraction of sp³-hybridized carbons (Fsp3) is 0.167. The molecule has 1 nitrogen and oxygen atoms in total. The van der Waals surface area contributed by atoms with Gasteiger partial charge in [-0.25, -0.2) is 4.39 Å². The average molecular weight is 301 g/mol. The maximum atomic E-state index is 13.0. The van der Waals surface area contributed by atoms with Crippen molar-refractivity contribution in [3.05, 3.63) is 50.4 Å². The smallest absolute Gasteiger partial charge is 0.126 e. The van der Waals surface area contributed by atoms with Gasteiger partial charge in [-0.1, -0.05) is 0 Å². The Morgan fingerprint density at radius 2 is 2.19 bits per heavy atom. The molecule has 0 fully saturated rings. The van der Waals surface area contributed by atoms with Gasteiger partial charge in [0.1, 0.15) is 18.2 Å². The number of hydrogen-bond acceptors (Lipinski definition) is 2. The van der Waals surface area contributed by atoms with Crippen molar-refractivity contribution in [2.75, 3.05) is 0 Å². The predicted molar refractivity (Wildman–Crippen MR) is 67.5 cm³/mol. The van der Waals surface area contributed by atoms with E-state index in [1.807, 2.05) is 11.4 Å². The van der Waals surface area contributed by atoms with Crippen LogP contribution in [0.4, 0.5) is 4.39 Å². The third kappa shape index (κ3) is 2.62. The monoisotopic (exact) mass is 300 g/mol. The Balaban J connectivity index is 2.05. The van der Waals surface area contributed by atoms with Gasteiger partial charge in [0.2, 0.25) is 0 Å². The first kappa shape index (κ1) is 11.6. The molecule has 0 aliphatic carbocycles. The zero-order valence-electron chi connectivity index (χ0n) is 8.67. The van der Waals surface area contributed by atoms with E-state index in [0.29, 0.717) is 17.9 Å². The molecule has 4 heteroatoms. The van der Waals surface area contributed by atoms with Gasteiger partial charge in [0.15, 0.2) is 0 Å². The van der Waals surface area contributed by atoms with E-state index in [2.05, 4.69) is 15.9 Å². The van der Waals surface area contributed by atoms with E-state index in [4.69, 9.17) is 4.74 Å². The molecule has 0 N–H and O–H groups in total. The summed E-state index contributed by atoms with van der Waals surface area (Å²) in [6.45, 7) is 2.23. The molecule has 0 saturated heterocycles. The van der Waals surface area contributed by atoms with Crippen LogP contribution in [0.5, 0.6) is 5.75 Å². The predicted octanol–water partition coefficient (Wildman–Crippen LogP) is 4.54. The molecule has 0 aliphatic heterocycles. The van der Waals surface area contributed by atoms with E-state index in [1.165, 1.54) is 6.07 Å². The quantitative estimate of drug-likeness (QED) is 0.809. The van der Waals surface area contributed by atoms with Gasteiger partial charge in [-0.15, -0.1) is 11.3 Å². The van der Waals surface area contributed by atoms with Crippen molar-refractivity contribution in [2.45, 2.75) is 13.5 Å². The highest BCUT2D eigenvalue weighted by molar-refractivity contribution is 9.10. The Kier molecular flexibility index (Phi) is 3.61. The SMILES string of the molecule is Cc1cc(OCc2sccc2Br)ccc1F. The van der Waals surface area contributed by atoms with Gasteiger partial charge in [0.05, 0.1) is 4.88 Å². The largest absolute Gasteiger partial charge is 0.488 e. The second-order valence-corrected chi connectivity index (χ2v) is 5.25. The van der Waals surface area contributed by atoms with Crippen LogP contribution in [0.15, 0.2) is 34.1 Å². The van der Waals surface area contributed by atoms with E-state index in [-0.39, 0.29) is 5.82 Å². The fourth-order valence-corrected chi connectivity index (χ4v) is 2.66. The number of thiophene rings is 1. The average Bonchev–Trinajstić information content (AvgIpc) is 2.66. The number of aryl methyl sites for hydroxylation is 1. The molecular weight excluding hydrogens is 291 g/mol. The Hall–Kier alpha value is -0.870. The van der Waals surface area contributed by atoms with E-state index >= 15 is 0 Å². The molecule has 0 bridgehead atoms. The van der Waals surface area contributed by atoms with E-state index < -0.39 is 0 Å². The van der Waals surface area contributed by atoms with Gasteiger partial charge < -0.3 is 4.74 Å². The summed E-state index contributed by atoms with van der Waals surface area (Å²) in [5, 5.41) is 2.00. The Bertz CT molecular complexity index is 496. The molecule has 0 spiro atoms. The number of hydrogen-bond donors (Lipinski definition) is 0. The van der Waals surface area contributed by atoms with Gasteiger partial charge in [0, 0.05) is 4.47 Å². The van der Waals surface area contributed by atoms with E-state index in [0.717, 1.165) is 9.35 Å². The van der Waals surface area contributed by atoms with Crippen LogP contribution in [-0.2, 0) is 6.61 Å². The van der Waals surface area contributed by atoms with Gasteiger partial charge >= 0.3 is 0 Å². The van der Waals surface area contributed by atoms with Crippen LogP contribution < -0.4 is 4.74 Å². The molecule has 0 amide bonds. The van der Waals surface area contributed by atoms with Gasteiger partial charge in [-0.3, -0.25) is 0 Å². The summed E-state index contributed by atoms with van der Waals surface area (Å²) in [7, 11) is 0. The lowest BCUT2D eigenvalue weighted by molar-refractivity contribution is 0.308. The van der Waals surface area contributed by atoms with Crippen LogP contribution >= 0.6 is 27.3 Å². The molecule has 84 valence electrons. The molecule has 0 radical (unpaired) electrons. The molecule has 2 aromatic rings. The van der Waals surface area contributed by atoms with Gasteiger partial charge in [0.25, 0.3) is 0 Å². The molecular formula is C12H10BrFOS. The van der Waals surface area contributed by atoms with Crippen molar-refractivity contribution in [1.29, 1.82) is 0 Å². The number of halogens is 2. The lowest BCUT2D eigenvalue weighted by Crippen LogP contribution is -1.94. The molecule has 16 heavy (non-hydrogen) atoms. The summed E-state index contributed by atoms with van der Waals surface area (Å²) < 4.78 is 19.6. The maximum absolute atomic E-state index is 13.0. The number of benzene rings is 1. The van der Waals surface area contributed by atoms with E-state index in [9.17, 15) is 4.39 Å². The highest BCUT2D eigenvalue weighted by Crippen LogP contribution is 2.25. The van der Waals surface area contributed by atoms with Crippen LogP contribution in [0.3, 0.4) is 0 Å². The minimum absolute atomic E-state index is 0.204. The molecule has 1 heterocycles. The van der Waals surface area contributed by atoms with Crippen molar-refractivity contribution in [2.24, 2.45) is 0 Å². The van der Waals surface area contributed by atoms with Crippen LogP contribution in [-0.4, -0.2) is 0 Å². The summed E-state index contributed by atoms with van der Waals surface area (Å²) >= 11 is 5.07. The topological polar surface area (TPSA) is 9.23 Å². The van der Waals surface area contributed by atoms with Crippen molar-refractivity contribution < 1.29 is 9.13 Å². The number of ether oxygens (including phenoxy) is 1. The third-order valence-corrected chi connectivity index (χ3v) is 4.09. The second kappa shape index (κ2) is 4.97. The molecule has 0 aliphatic rings. The maximum Gasteiger partial charge on any atom is 0.126 e. The zero-order valence-corrected chi connectivity index (χ0v) is 11.1. The molecule has 0 unspecified atom stereocenters. The minimum atomic E-state index is -0.204. The number of rotatable bonds is 3. The van der Waals surface area contributed by atoms with Crippen LogP contribution in [0, 0.1) is 12.7 Å². The van der Waals surface area contributed by atoms with Crippen LogP contribution in [0.1, 0.15) is 10.4 Å². The Morgan fingerprint density at radius 3 is 2.81 bits per heavy atom. The molecule has 0 atom stereocenters. The molecule has 1 aromatic heterocycles. The Labute approximate surface area is 106 Å². The summed E-state index contributed by atoms with van der Waals surface area (Å²) in [5.41, 5.74) is 0.600. The van der Waals surface area contributed by atoms with Gasteiger partial charge in [-0.05, 0) is 58.1 Å². The first-order valence-electron chi connectivity index (χ1n) is 4.77. The van der Waals surface area contributed by atoms with Crippen LogP contribution in [0.2, 0.25) is 0 Å². The minimum Gasteiger partial charge on any atom is -0.488 e. The van der Waals surface area contributed by atoms with E-state index in [1.54, 1.807) is 30.4 Å². The Morgan fingerprint density at radius 1 is 1.38 bits per heavy atom. The van der Waals surface area contributed by atoms with Crippen molar-refractivity contribution in [1.82, 2.24) is 0 Å². The third-order valence-electron chi connectivity index (χ3n) is 2.19. The fourth-order valence-electron chi connectivity index (χ4n) is 1.28. The van der Waals surface area contributed by atoms with Crippen molar-refractivity contribution in [3.8, 4) is 5.75 Å². The summed E-state index contributed by atoms with van der Waals surface area (Å²) in [6, 6.07) is 6.76. The zero-order chi connectivity index (χ0) is 11.5. The first-order chi connectivity index (χ1) is 7.66. The second-order valence-electron chi connectivity index (χ2n) is 3.39. The normalized spacial score (nSPS) is 10.4. The van der Waals surface area contributed by atoms with Crippen molar-refractivity contribution in [3.63, 3.8) is 0 Å². The molecule has 2 rings (SSSR count). The lowest BCUT2D eigenvalue weighted by Gasteiger charge is -2.06. The standard InChI is InChI=1S/C12H10BrFOS/c1-8-6-9(2-3-11(8)14)15-7-12-10(13)4-5-16-12/h2-6H,7H2,1H3. The first-order valence-corrected chi connectivity index (χ1v) is 6.45.